The van der Waals surface area contributed by atoms with Crippen LogP contribution in [0.2, 0.25) is 0 Å². The molecule has 0 amide bonds. The molecule has 3 N–H and O–H groups in total. The Morgan fingerprint density at radius 2 is 0.545 bits per heavy atom. The number of phosphoric acid groups is 2. The summed E-state index contributed by atoms with van der Waals surface area (Å²) in [5.74, 6) is -2.17. The molecule has 0 radical (unpaired) electrons. The first-order chi connectivity index (χ1) is 42.7. The van der Waals surface area contributed by atoms with Gasteiger partial charge < -0.3 is 33.8 Å². The predicted octanol–water partition coefficient (Wildman–Crippen LogP) is 19.4. The Bertz CT molecular complexity index is 1780. The second kappa shape index (κ2) is 63.3. The SMILES string of the molecule is CCCCCC/C=C\C=C/CCCCCCCC(=O)OC[C@H](COP(=O)(O)OC[C@@H](O)COP(=O)(O)OC[C@@H](COC(=O)CCCCCCC)OC(=O)CCCCCCCCC)OC(=O)CCCCCCCCCCCCCCCCCCCCCCC. The maximum atomic E-state index is 13.0. The summed E-state index contributed by atoms with van der Waals surface area (Å²) in [5, 5.41) is 10.5. The van der Waals surface area contributed by atoms with E-state index in [1.165, 1.54) is 128 Å². The van der Waals surface area contributed by atoms with E-state index in [9.17, 15) is 43.2 Å². The zero-order valence-corrected chi connectivity index (χ0v) is 58.0. The van der Waals surface area contributed by atoms with Crippen LogP contribution in [0.1, 0.15) is 336 Å². The number of ether oxygens (including phenoxy) is 4. The number of carbonyl (C=O) groups excluding carboxylic acids is 4. The molecule has 0 aliphatic rings. The summed E-state index contributed by atoms with van der Waals surface area (Å²) in [6.45, 7) is 4.72. The average molecular weight is 1290 g/mol. The summed E-state index contributed by atoms with van der Waals surface area (Å²) >= 11 is 0. The van der Waals surface area contributed by atoms with Crippen LogP contribution in [-0.2, 0) is 65.4 Å². The zero-order chi connectivity index (χ0) is 64.7. The van der Waals surface area contributed by atoms with Crippen LogP contribution in [0.5, 0.6) is 0 Å². The maximum absolute atomic E-state index is 13.0. The predicted molar refractivity (Wildman–Crippen MR) is 354 cm³/mol. The number of hydrogen-bond acceptors (Lipinski definition) is 15. The van der Waals surface area contributed by atoms with Gasteiger partial charge in [0.05, 0.1) is 26.4 Å². The molecular weight excluding hydrogens is 1160 g/mol. The number of allylic oxidation sites excluding steroid dienone is 4. The van der Waals surface area contributed by atoms with Gasteiger partial charge in [0.1, 0.15) is 19.3 Å². The highest BCUT2D eigenvalue weighted by Gasteiger charge is 2.30. The molecule has 2 unspecified atom stereocenters. The average Bonchev–Trinajstić information content (AvgIpc) is 3.72. The van der Waals surface area contributed by atoms with Crippen LogP contribution < -0.4 is 0 Å². The van der Waals surface area contributed by atoms with Gasteiger partial charge >= 0.3 is 39.5 Å². The smallest absolute Gasteiger partial charge is 0.462 e. The fourth-order valence-electron chi connectivity index (χ4n) is 9.98. The lowest BCUT2D eigenvalue weighted by Crippen LogP contribution is -2.30. The minimum Gasteiger partial charge on any atom is -0.462 e. The molecule has 0 bridgehead atoms. The highest BCUT2D eigenvalue weighted by atomic mass is 31.2. The molecule has 0 spiro atoms. The van der Waals surface area contributed by atoms with Crippen molar-refractivity contribution in [3.8, 4) is 0 Å². The van der Waals surface area contributed by atoms with E-state index in [1.807, 2.05) is 0 Å². The highest BCUT2D eigenvalue weighted by Crippen LogP contribution is 2.45. The van der Waals surface area contributed by atoms with Gasteiger partial charge in [0.2, 0.25) is 0 Å². The van der Waals surface area contributed by atoms with Gasteiger partial charge in [-0.3, -0.25) is 37.3 Å². The number of aliphatic hydroxyl groups excluding tert-OH is 1. The third-order valence-corrected chi connectivity index (χ3v) is 17.4. The van der Waals surface area contributed by atoms with E-state index in [-0.39, 0.29) is 25.7 Å². The van der Waals surface area contributed by atoms with Gasteiger partial charge in [-0.25, -0.2) is 9.13 Å². The molecule has 0 fully saturated rings. The fraction of sp³-hybridized carbons (Fsp3) is 0.884. The normalized spacial score (nSPS) is 14.2. The number of hydrogen-bond donors (Lipinski definition) is 3. The monoisotopic (exact) mass is 1290 g/mol. The largest absolute Gasteiger partial charge is 0.472 e. The summed E-state index contributed by atoms with van der Waals surface area (Å²) in [5.41, 5.74) is 0. The Morgan fingerprint density at radius 1 is 0.318 bits per heavy atom. The topological polar surface area (TPSA) is 237 Å². The van der Waals surface area contributed by atoms with Gasteiger partial charge in [0.15, 0.2) is 12.2 Å². The molecule has 0 aliphatic carbocycles. The molecule has 0 saturated heterocycles. The van der Waals surface area contributed by atoms with Crippen LogP contribution in [0, 0.1) is 0 Å². The van der Waals surface area contributed by atoms with Gasteiger partial charge in [-0.2, -0.15) is 0 Å². The van der Waals surface area contributed by atoms with Crippen molar-refractivity contribution in [2.45, 2.75) is 354 Å². The minimum absolute atomic E-state index is 0.101. The van der Waals surface area contributed by atoms with Gasteiger partial charge in [-0.1, -0.05) is 283 Å². The van der Waals surface area contributed by atoms with Crippen LogP contribution in [0.3, 0.4) is 0 Å². The third-order valence-electron chi connectivity index (χ3n) is 15.5. The lowest BCUT2D eigenvalue weighted by atomic mass is 10.0. The van der Waals surface area contributed by atoms with E-state index in [1.54, 1.807) is 0 Å². The number of rotatable bonds is 68. The minimum atomic E-state index is -4.95. The van der Waals surface area contributed by atoms with Crippen molar-refractivity contribution >= 4 is 39.5 Å². The molecule has 0 saturated carbocycles. The van der Waals surface area contributed by atoms with Crippen molar-refractivity contribution in [2.75, 3.05) is 39.6 Å². The lowest BCUT2D eigenvalue weighted by Gasteiger charge is -2.21. The van der Waals surface area contributed by atoms with Gasteiger partial charge in [-0.05, 0) is 51.4 Å². The van der Waals surface area contributed by atoms with E-state index in [0.717, 1.165) is 128 Å². The zero-order valence-electron chi connectivity index (χ0n) is 56.2. The number of unbranched alkanes of at least 4 members (excludes halogenated alkanes) is 39. The van der Waals surface area contributed by atoms with Gasteiger partial charge in [0, 0.05) is 25.7 Å². The molecule has 0 aromatic heterocycles. The van der Waals surface area contributed by atoms with Crippen molar-refractivity contribution in [3.63, 3.8) is 0 Å². The van der Waals surface area contributed by atoms with Crippen molar-refractivity contribution < 1.29 is 80.2 Å². The second-order valence-electron chi connectivity index (χ2n) is 24.2. The molecule has 0 aromatic rings. The lowest BCUT2D eigenvalue weighted by molar-refractivity contribution is -0.161. The molecule has 17 nitrogen and oxygen atoms in total. The van der Waals surface area contributed by atoms with Crippen LogP contribution in [0.4, 0.5) is 0 Å². The van der Waals surface area contributed by atoms with Crippen molar-refractivity contribution in [1.29, 1.82) is 0 Å². The molecule has 518 valence electrons. The van der Waals surface area contributed by atoms with Crippen LogP contribution in [-0.4, -0.2) is 96.7 Å². The van der Waals surface area contributed by atoms with E-state index >= 15 is 0 Å². The Morgan fingerprint density at radius 3 is 0.830 bits per heavy atom. The molecule has 0 aliphatic heterocycles. The Kier molecular flexibility index (Phi) is 61.5. The standard InChI is InChI=1S/C69H130O17P2/c1-5-9-13-17-20-22-24-26-28-29-30-31-32-33-35-37-39-41-44-48-52-56-69(74)86-65(60-80-67(72)54-50-46-43-40-38-36-34-27-25-23-21-18-14-10-6-2)62-84-88(77,78)82-58-63(70)57-81-87(75,76)83-61-64(59-79-66(71)53-49-45-16-12-8-4)85-68(73)55-51-47-42-19-15-11-7-3/h23,25,27,34,63-65,70H,5-22,24,26,28-33,35-62H2,1-4H3,(H,75,76)(H,77,78)/b25-23-,34-27-/t63-,64+,65+/m0/s1. The second-order valence-corrected chi connectivity index (χ2v) is 27.1. The summed E-state index contributed by atoms with van der Waals surface area (Å²) < 4.78 is 67.8. The number of carbonyl (C=O) groups is 4. The summed E-state index contributed by atoms with van der Waals surface area (Å²) in [6, 6.07) is 0. The Balaban J connectivity index is 5.11. The number of aliphatic hydroxyl groups is 1. The molecule has 5 atom stereocenters. The summed E-state index contributed by atoms with van der Waals surface area (Å²) in [6.07, 6.45) is 54.3. The van der Waals surface area contributed by atoms with Crippen molar-refractivity contribution in [2.24, 2.45) is 0 Å². The maximum Gasteiger partial charge on any atom is 0.472 e. The van der Waals surface area contributed by atoms with E-state index < -0.39 is 97.5 Å². The fourth-order valence-corrected chi connectivity index (χ4v) is 11.6. The number of phosphoric ester groups is 2. The molecular formula is C69H130O17P2. The Labute approximate surface area is 535 Å². The molecule has 88 heavy (non-hydrogen) atoms. The molecule has 0 heterocycles. The first kappa shape index (κ1) is 85.5. The van der Waals surface area contributed by atoms with Crippen LogP contribution in [0.15, 0.2) is 24.3 Å². The summed E-state index contributed by atoms with van der Waals surface area (Å²) in [4.78, 5) is 72.0. The molecule has 19 heteroatoms. The van der Waals surface area contributed by atoms with Gasteiger partial charge in [-0.15, -0.1) is 0 Å². The Hall–Kier alpha value is -2.46. The van der Waals surface area contributed by atoms with E-state index in [0.29, 0.717) is 25.7 Å². The molecule has 0 rings (SSSR count). The summed E-state index contributed by atoms with van der Waals surface area (Å²) in [7, 11) is -9.89. The van der Waals surface area contributed by atoms with Gasteiger partial charge in [0.25, 0.3) is 0 Å². The van der Waals surface area contributed by atoms with Crippen LogP contribution >= 0.6 is 15.6 Å². The first-order valence-corrected chi connectivity index (χ1v) is 38.6. The first-order valence-electron chi connectivity index (χ1n) is 35.6. The van der Waals surface area contributed by atoms with Crippen molar-refractivity contribution in [1.82, 2.24) is 0 Å². The van der Waals surface area contributed by atoms with Crippen LogP contribution in [0.25, 0.3) is 0 Å². The quantitative estimate of drug-likeness (QED) is 0.0169. The third kappa shape index (κ3) is 62.4. The highest BCUT2D eigenvalue weighted by molar-refractivity contribution is 7.47. The van der Waals surface area contributed by atoms with E-state index in [4.69, 9.17) is 37.0 Å². The number of esters is 4. The molecule has 0 aromatic carbocycles. The van der Waals surface area contributed by atoms with E-state index in [2.05, 4.69) is 52.0 Å². The van der Waals surface area contributed by atoms with Crippen molar-refractivity contribution in [3.05, 3.63) is 24.3 Å².